The SMILES string of the molecule is Cc1cc(C(=O)Nc2cccc(-c3cccc(B4OC(C)(C)C(C)(C)O4)c3C)c2Cl)nc2c1CCN(C(=O)OC(C)(C)C)C2. The molecule has 3 aromatic rings. The number of hydrogen-bond donors (Lipinski definition) is 1. The highest BCUT2D eigenvalue weighted by atomic mass is 35.5. The second kappa shape index (κ2) is 11.5. The van der Waals surface area contributed by atoms with Crippen molar-refractivity contribution in [2.24, 2.45) is 0 Å². The van der Waals surface area contributed by atoms with Gasteiger partial charge in [-0.1, -0.05) is 41.9 Å². The van der Waals surface area contributed by atoms with Crippen molar-refractivity contribution in [2.75, 3.05) is 11.9 Å². The summed E-state index contributed by atoms with van der Waals surface area (Å²) in [6.45, 7) is 18.4. The number of aryl methyl sites for hydroxylation is 1. The molecule has 44 heavy (non-hydrogen) atoms. The number of benzene rings is 2. The number of nitrogens with zero attached hydrogens (tertiary/aromatic N) is 2. The molecule has 2 aliphatic rings. The molecule has 0 aliphatic carbocycles. The van der Waals surface area contributed by atoms with E-state index >= 15 is 0 Å². The number of pyridine rings is 1. The molecule has 2 amide bonds. The molecule has 1 aromatic heterocycles. The molecule has 8 nitrogen and oxygen atoms in total. The first kappa shape index (κ1) is 32.0. The van der Waals surface area contributed by atoms with Crippen molar-refractivity contribution in [3.8, 4) is 11.1 Å². The molecule has 1 N–H and O–H groups in total. The predicted molar refractivity (Wildman–Crippen MR) is 175 cm³/mol. The van der Waals surface area contributed by atoms with Crippen LogP contribution in [0.1, 0.15) is 81.3 Å². The van der Waals surface area contributed by atoms with E-state index in [9.17, 15) is 9.59 Å². The van der Waals surface area contributed by atoms with E-state index in [1.807, 2.05) is 92.6 Å². The summed E-state index contributed by atoms with van der Waals surface area (Å²) >= 11 is 6.95. The number of ether oxygens (including phenoxy) is 1. The quantitative estimate of drug-likeness (QED) is 0.322. The van der Waals surface area contributed by atoms with Crippen molar-refractivity contribution >= 4 is 41.9 Å². The fraction of sp³-hybridized carbons (Fsp3) is 0.441. The third-order valence-electron chi connectivity index (χ3n) is 8.71. The average Bonchev–Trinajstić information content (AvgIpc) is 3.15. The summed E-state index contributed by atoms with van der Waals surface area (Å²) in [6.07, 6.45) is 0.256. The summed E-state index contributed by atoms with van der Waals surface area (Å²) in [7, 11) is -0.508. The highest BCUT2D eigenvalue weighted by Gasteiger charge is 2.52. The lowest BCUT2D eigenvalue weighted by atomic mass is 9.74. The predicted octanol–water partition coefficient (Wildman–Crippen LogP) is 6.86. The van der Waals surface area contributed by atoms with Gasteiger partial charge in [0.25, 0.3) is 5.91 Å². The Morgan fingerprint density at radius 1 is 1.02 bits per heavy atom. The van der Waals surface area contributed by atoms with E-state index in [1.54, 1.807) is 17.0 Å². The number of amides is 2. The molecule has 0 unspecified atom stereocenters. The Kier molecular flexibility index (Phi) is 8.38. The minimum atomic E-state index is -0.595. The second-order valence-electron chi connectivity index (χ2n) is 13.6. The fourth-order valence-corrected chi connectivity index (χ4v) is 5.81. The van der Waals surface area contributed by atoms with Crippen LogP contribution in [0, 0.1) is 13.8 Å². The van der Waals surface area contributed by atoms with Crippen LogP contribution in [-0.4, -0.2) is 52.4 Å². The molecule has 0 bridgehead atoms. The number of hydrogen-bond acceptors (Lipinski definition) is 6. The lowest BCUT2D eigenvalue weighted by molar-refractivity contribution is 0.00578. The van der Waals surface area contributed by atoms with Crippen LogP contribution in [0.3, 0.4) is 0 Å². The zero-order chi connectivity index (χ0) is 32.2. The number of nitrogens with one attached hydrogen (secondary N) is 1. The highest BCUT2D eigenvalue weighted by molar-refractivity contribution is 6.62. The van der Waals surface area contributed by atoms with Crippen LogP contribution >= 0.6 is 11.6 Å². The van der Waals surface area contributed by atoms with Gasteiger partial charge in [0.2, 0.25) is 0 Å². The van der Waals surface area contributed by atoms with Gasteiger partial charge in [-0.25, -0.2) is 9.78 Å². The van der Waals surface area contributed by atoms with Crippen LogP contribution in [0.5, 0.6) is 0 Å². The van der Waals surface area contributed by atoms with Crippen LogP contribution in [-0.2, 0) is 27.0 Å². The third kappa shape index (κ3) is 6.23. The topological polar surface area (TPSA) is 90.0 Å². The van der Waals surface area contributed by atoms with E-state index < -0.39 is 23.9 Å². The molecule has 1 fully saturated rings. The summed E-state index contributed by atoms with van der Waals surface area (Å²) in [5.41, 5.74) is 5.54. The standard InChI is InChI=1S/C34H41BClN3O5/c1-20-18-27(37-28-19-39(17-16-22(20)28)31(41)42-32(3,4)5)30(40)38-26-15-11-13-24(29(26)36)23-12-10-14-25(21(23)2)35-43-33(6,7)34(8,9)44-35/h10-15,18H,16-17,19H2,1-9H3,(H,38,40). The average molecular weight is 618 g/mol. The first-order valence-corrected chi connectivity index (χ1v) is 15.4. The lowest BCUT2D eigenvalue weighted by Crippen LogP contribution is -2.41. The molecule has 3 heterocycles. The number of anilines is 1. The molecular formula is C34H41BClN3O5. The van der Waals surface area contributed by atoms with Gasteiger partial charge in [-0.05, 0) is 109 Å². The van der Waals surface area contributed by atoms with Gasteiger partial charge in [0.1, 0.15) is 11.3 Å². The van der Waals surface area contributed by atoms with E-state index in [4.69, 9.17) is 25.6 Å². The lowest BCUT2D eigenvalue weighted by Gasteiger charge is -2.32. The Bertz CT molecular complexity index is 1620. The minimum Gasteiger partial charge on any atom is -0.444 e. The van der Waals surface area contributed by atoms with E-state index in [-0.39, 0.29) is 24.2 Å². The molecular weight excluding hydrogens is 577 g/mol. The minimum absolute atomic E-state index is 0.257. The first-order chi connectivity index (χ1) is 20.5. The van der Waals surface area contributed by atoms with Gasteiger partial charge in [-0.2, -0.15) is 0 Å². The smallest absolute Gasteiger partial charge is 0.444 e. The summed E-state index contributed by atoms with van der Waals surface area (Å²) in [4.78, 5) is 32.5. The van der Waals surface area contributed by atoms with E-state index in [0.29, 0.717) is 29.4 Å². The van der Waals surface area contributed by atoms with Crippen LogP contribution in [0.4, 0.5) is 10.5 Å². The molecule has 10 heteroatoms. The van der Waals surface area contributed by atoms with Crippen molar-refractivity contribution in [2.45, 2.75) is 92.1 Å². The molecule has 2 aliphatic heterocycles. The zero-order valence-corrected chi connectivity index (χ0v) is 27.8. The van der Waals surface area contributed by atoms with Crippen LogP contribution in [0.15, 0.2) is 42.5 Å². The molecule has 0 radical (unpaired) electrons. The zero-order valence-electron chi connectivity index (χ0n) is 27.1. The van der Waals surface area contributed by atoms with Crippen molar-refractivity contribution in [1.82, 2.24) is 9.88 Å². The number of carbonyl (C=O) groups excluding carboxylic acids is 2. The third-order valence-corrected chi connectivity index (χ3v) is 9.12. The molecule has 5 rings (SSSR count). The Labute approximate surface area is 265 Å². The Balaban J connectivity index is 1.39. The maximum absolute atomic E-state index is 13.5. The highest BCUT2D eigenvalue weighted by Crippen LogP contribution is 2.39. The summed E-state index contributed by atoms with van der Waals surface area (Å²) in [5, 5.41) is 3.38. The maximum Gasteiger partial charge on any atom is 0.495 e. The molecule has 0 atom stereocenters. The molecule has 232 valence electrons. The molecule has 0 saturated carbocycles. The normalized spacial score (nSPS) is 17.3. The maximum atomic E-state index is 13.5. The van der Waals surface area contributed by atoms with Crippen LogP contribution < -0.4 is 10.8 Å². The molecule has 0 spiro atoms. The number of rotatable bonds is 4. The van der Waals surface area contributed by atoms with Crippen molar-refractivity contribution in [3.63, 3.8) is 0 Å². The number of carbonyl (C=O) groups is 2. The fourth-order valence-electron chi connectivity index (χ4n) is 5.54. The van der Waals surface area contributed by atoms with E-state index in [0.717, 1.165) is 33.3 Å². The number of halogens is 1. The Hall–Kier alpha value is -3.40. The summed E-state index contributed by atoms with van der Waals surface area (Å²) < 4.78 is 18.2. The largest absolute Gasteiger partial charge is 0.495 e. The first-order valence-electron chi connectivity index (χ1n) is 15.0. The molecule has 2 aromatic carbocycles. The number of aromatic nitrogens is 1. The van der Waals surface area contributed by atoms with Gasteiger partial charge in [-0.3, -0.25) is 4.79 Å². The second-order valence-corrected chi connectivity index (χ2v) is 14.0. The van der Waals surface area contributed by atoms with Crippen molar-refractivity contribution in [1.29, 1.82) is 0 Å². The monoisotopic (exact) mass is 617 g/mol. The van der Waals surface area contributed by atoms with E-state index in [2.05, 4.69) is 10.3 Å². The Morgan fingerprint density at radius 2 is 1.66 bits per heavy atom. The Morgan fingerprint density at radius 3 is 2.32 bits per heavy atom. The van der Waals surface area contributed by atoms with Gasteiger partial charge in [0.05, 0.1) is 34.2 Å². The van der Waals surface area contributed by atoms with Gasteiger partial charge in [0.15, 0.2) is 0 Å². The summed E-state index contributed by atoms with van der Waals surface area (Å²) in [5.74, 6) is -0.382. The van der Waals surface area contributed by atoms with Crippen LogP contribution in [0.2, 0.25) is 5.02 Å². The van der Waals surface area contributed by atoms with Gasteiger partial charge in [0, 0.05) is 12.1 Å². The van der Waals surface area contributed by atoms with Crippen LogP contribution in [0.25, 0.3) is 11.1 Å². The van der Waals surface area contributed by atoms with Crippen molar-refractivity contribution < 1.29 is 23.6 Å². The number of fused-ring (bicyclic) bond motifs is 1. The van der Waals surface area contributed by atoms with Gasteiger partial charge in [-0.15, -0.1) is 0 Å². The van der Waals surface area contributed by atoms with Crippen molar-refractivity contribution in [3.05, 3.63) is 75.6 Å². The van der Waals surface area contributed by atoms with E-state index in [1.165, 1.54) is 0 Å². The molecule has 1 saturated heterocycles. The van der Waals surface area contributed by atoms with Gasteiger partial charge < -0.3 is 24.3 Å². The van der Waals surface area contributed by atoms with Gasteiger partial charge >= 0.3 is 13.2 Å². The summed E-state index contributed by atoms with van der Waals surface area (Å²) in [6, 6.07) is 13.3.